The van der Waals surface area contributed by atoms with Gasteiger partial charge in [-0.05, 0) is 60.0 Å². The topological polar surface area (TPSA) is 126 Å². The number of benzene rings is 4. The quantitative estimate of drug-likeness (QED) is 0.0693. The molecule has 0 radical (unpaired) electrons. The number of hydrogen-bond acceptors (Lipinski definition) is 8. The van der Waals surface area contributed by atoms with Crippen LogP contribution in [0.5, 0.6) is 0 Å². The van der Waals surface area contributed by atoms with Gasteiger partial charge < -0.3 is 20.7 Å². The molecule has 242 valence electrons. The Morgan fingerprint density at radius 3 is 2.27 bits per heavy atom. The van der Waals surface area contributed by atoms with Gasteiger partial charge in [-0.1, -0.05) is 78.9 Å². The van der Waals surface area contributed by atoms with E-state index in [1.807, 2.05) is 66.7 Å². The molecule has 4 aromatic carbocycles. The van der Waals surface area contributed by atoms with E-state index < -0.39 is 11.8 Å². The first-order chi connectivity index (χ1) is 23.4. The molecule has 5 aromatic rings. The number of carbonyl (C=O) groups excluding carboxylic acids is 4. The van der Waals surface area contributed by atoms with E-state index in [9.17, 15) is 19.2 Å². The van der Waals surface area contributed by atoms with Crippen molar-refractivity contribution < 1.29 is 23.9 Å². The summed E-state index contributed by atoms with van der Waals surface area (Å²) in [5, 5.41) is 10.5. The van der Waals surface area contributed by atoms with Gasteiger partial charge in [0.05, 0.1) is 24.5 Å². The van der Waals surface area contributed by atoms with E-state index in [2.05, 4.69) is 20.9 Å². The molecule has 48 heavy (non-hydrogen) atoms. The maximum absolute atomic E-state index is 13.6. The Bertz CT molecular complexity index is 1910. The minimum atomic E-state index is -0.506. The molecule has 5 rings (SSSR count). The minimum absolute atomic E-state index is 0.0425. The standard InChI is InChI=1S/C37H32N4O5S2/c1-2-46-34(43)22-30-23-48-37(39-30)41-33(42)24-47-31-15-9-14-29(21-31)38-36(45)32(40-35(44)28-12-7-4-8-13-28)20-25-16-18-27(19-17-25)26-10-5-3-6-11-26/h3-21,23H,2,22,24H2,1H3,(H,38,45)(H,40,44)(H,39,41,42)/b32-20+. The highest BCUT2D eigenvalue weighted by molar-refractivity contribution is 8.00. The summed E-state index contributed by atoms with van der Waals surface area (Å²) in [4.78, 5) is 55.9. The molecule has 0 aliphatic heterocycles. The molecule has 3 amide bonds. The van der Waals surface area contributed by atoms with Gasteiger partial charge in [-0.2, -0.15) is 0 Å². The molecule has 0 aliphatic carbocycles. The van der Waals surface area contributed by atoms with E-state index in [0.717, 1.165) is 21.6 Å². The third-order valence-electron chi connectivity index (χ3n) is 6.75. The van der Waals surface area contributed by atoms with Gasteiger partial charge in [-0.25, -0.2) is 4.98 Å². The number of aromatic nitrogens is 1. The van der Waals surface area contributed by atoms with Crippen molar-refractivity contribution >= 4 is 63.7 Å². The molecule has 0 saturated carbocycles. The first-order valence-electron chi connectivity index (χ1n) is 15.0. The van der Waals surface area contributed by atoms with Crippen LogP contribution in [0.1, 0.15) is 28.5 Å². The van der Waals surface area contributed by atoms with Crippen LogP contribution in [0.25, 0.3) is 17.2 Å². The fourth-order valence-electron chi connectivity index (χ4n) is 4.48. The van der Waals surface area contributed by atoms with Crippen molar-refractivity contribution in [2.24, 2.45) is 0 Å². The average Bonchev–Trinajstić information content (AvgIpc) is 3.54. The Kier molecular flexibility index (Phi) is 11.9. The monoisotopic (exact) mass is 676 g/mol. The second kappa shape index (κ2) is 16.9. The van der Waals surface area contributed by atoms with Crippen LogP contribution in [-0.4, -0.2) is 41.0 Å². The molecular formula is C37H32N4O5S2. The van der Waals surface area contributed by atoms with E-state index in [1.54, 1.807) is 60.8 Å². The SMILES string of the molecule is CCOC(=O)Cc1csc(NC(=O)CSc2cccc(NC(=O)/C(=C\c3ccc(-c4ccccc4)cc3)NC(=O)c3ccccc3)c2)n1. The average molecular weight is 677 g/mol. The second-order valence-electron chi connectivity index (χ2n) is 10.3. The molecular weight excluding hydrogens is 645 g/mol. The van der Waals surface area contributed by atoms with Crippen LogP contribution in [0.4, 0.5) is 10.8 Å². The molecule has 11 heteroatoms. The van der Waals surface area contributed by atoms with Gasteiger partial charge in [-0.3, -0.25) is 19.2 Å². The van der Waals surface area contributed by atoms with Gasteiger partial charge in [-0.15, -0.1) is 23.1 Å². The fraction of sp³-hybridized carbons (Fsp3) is 0.108. The molecule has 0 spiro atoms. The van der Waals surface area contributed by atoms with Crippen molar-refractivity contribution in [3.63, 3.8) is 0 Å². The largest absolute Gasteiger partial charge is 0.466 e. The van der Waals surface area contributed by atoms with Crippen molar-refractivity contribution in [1.82, 2.24) is 10.3 Å². The number of hydrogen-bond donors (Lipinski definition) is 3. The number of nitrogens with one attached hydrogen (secondary N) is 3. The Labute approximate surface area is 286 Å². The van der Waals surface area contributed by atoms with Crippen LogP contribution >= 0.6 is 23.1 Å². The third-order valence-corrected chi connectivity index (χ3v) is 8.55. The zero-order valence-electron chi connectivity index (χ0n) is 26.0. The number of carbonyl (C=O) groups is 4. The first-order valence-corrected chi connectivity index (χ1v) is 16.9. The highest BCUT2D eigenvalue weighted by Crippen LogP contribution is 2.24. The summed E-state index contributed by atoms with van der Waals surface area (Å²) >= 11 is 2.52. The van der Waals surface area contributed by atoms with Crippen LogP contribution in [0.3, 0.4) is 0 Å². The number of anilines is 2. The van der Waals surface area contributed by atoms with E-state index in [0.29, 0.717) is 28.7 Å². The van der Waals surface area contributed by atoms with Crippen molar-refractivity contribution in [3.05, 3.63) is 137 Å². The normalized spacial score (nSPS) is 11.0. The maximum Gasteiger partial charge on any atom is 0.311 e. The number of amides is 3. The molecule has 3 N–H and O–H groups in total. The molecule has 0 bridgehead atoms. The Morgan fingerprint density at radius 1 is 0.833 bits per heavy atom. The Hall–Kier alpha value is -5.52. The summed E-state index contributed by atoms with van der Waals surface area (Å²) in [6.07, 6.45) is 1.67. The molecule has 0 atom stereocenters. The number of thiazole rings is 1. The van der Waals surface area contributed by atoms with Crippen LogP contribution in [0.2, 0.25) is 0 Å². The maximum atomic E-state index is 13.6. The van der Waals surface area contributed by atoms with Gasteiger partial charge in [0, 0.05) is 21.5 Å². The predicted octanol–water partition coefficient (Wildman–Crippen LogP) is 7.06. The summed E-state index contributed by atoms with van der Waals surface area (Å²) in [6.45, 7) is 2.03. The first kappa shape index (κ1) is 33.8. The van der Waals surface area contributed by atoms with E-state index in [1.165, 1.54) is 23.1 Å². The number of ether oxygens (including phenoxy) is 1. The van der Waals surface area contributed by atoms with Gasteiger partial charge in [0.1, 0.15) is 5.70 Å². The molecule has 0 saturated heterocycles. The van der Waals surface area contributed by atoms with Gasteiger partial charge in [0.2, 0.25) is 5.91 Å². The highest BCUT2D eigenvalue weighted by Gasteiger charge is 2.16. The lowest BCUT2D eigenvalue weighted by atomic mass is 10.0. The van der Waals surface area contributed by atoms with E-state index in [4.69, 9.17) is 4.74 Å². The lowest BCUT2D eigenvalue weighted by Gasteiger charge is -2.12. The lowest BCUT2D eigenvalue weighted by molar-refractivity contribution is -0.142. The number of thioether (sulfide) groups is 1. The zero-order chi connectivity index (χ0) is 33.7. The summed E-state index contributed by atoms with van der Waals surface area (Å²) in [5.41, 5.74) is 4.34. The number of esters is 1. The molecule has 0 aliphatic rings. The van der Waals surface area contributed by atoms with Crippen molar-refractivity contribution in [2.75, 3.05) is 23.0 Å². The summed E-state index contributed by atoms with van der Waals surface area (Å²) in [5.74, 6) is -1.46. The van der Waals surface area contributed by atoms with Crippen molar-refractivity contribution in [3.8, 4) is 11.1 Å². The van der Waals surface area contributed by atoms with E-state index >= 15 is 0 Å². The second-order valence-corrected chi connectivity index (χ2v) is 12.2. The molecule has 1 heterocycles. The summed E-state index contributed by atoms with van der Waals surface area (Å²) in [7, 11) is 0. The smallest absolute Gasteiger partial charge is 0.311 e. The molecule has 1 aromatic heterocycles. The number of nitrogens with zero attached hydrogens (tertiary/aromatic N) is 1. The summed E-state index contributed by atoms with van der Waals surface area (Å²) < 4.78 is 4.94. The highest BCUT2D eigenvalue weighted by atomic mass is 32.2. The lowest BCUT2D eigenvalue weighted by Crippen LogP contribution is -2.30. The van der Waals surface area contributed by atoms with Crippen molar-refractivity contribution in [1.29, 1.82) is 0 Å². The van der Waals surface area contributed by atoms with Crippen LogP contribution < -0.4 is 16.0 Å². The number of rotatable bonds is 13. The molecule has 0 fully saturated rings. The Balaban J connectivity index is 1.24. The molecule has 0 unspecified atom stereocenters. The van der Waals surface area contributed by atoms with Gasteiger partial charge >= 0.3 is 5.97 Å². The summed E-state index contributed by atoms with van der Waals surface area (Å²) in [6, 6.07) is 33.4. The predicted molar refractivity (Wildman–Crippen MR) is 191 cm³/mol. The Morgan fingerprint density at radius 2 is 1.54 bits per heavy atom. The fourth-order valence-corrected chi connectivity index (χ4v) is 5.96. The van der Waals surface area contributed by atoms with Gasteiger partial charge in [0.15, 0.2) is 5.13 Å². The van der Waals surface area contributed by atoms with Gasteiger partial charge in [0.25, 0.3) is 11.8 Å². The minimum Gasteiger partial charge on any atom is -0.466 e. The molecule has 9 nitrogen and oxygen atoms in total. The van der Waals surface area contributed by atoms with Crippen LogP contribution in [0.15, 0.2) is 125 Å². The third kappa shape index (κ3) is 9.99. The van der Waals surface area contributed by atoms with E-state index in [-0.39, 0.29) is 29.7 Å². The van der Waals surface area contributed by atoms with Crippen LogP contribution in [-0.2, 0) is 25.5 Å². The van der Waals surface area contributed by atoms with Crippen LogP contribution in [0, 0.1) is 0 Å². The zero-order valence-corrected chi connectivity index (χ0v) is 27.6. The van der Waals surface area contributed by atoms with Crippen molar-refractivity contribution in [2.45, 2.75) is 18.2 Å².